The molecule has 1 fully saturated rings. The second-order valence-electron chi connectivity index (χ2n) is 5.39. The molecule has 19 heavy (non-hydrogen) atoms. The van der Waals surface area contributed by atoms with Crippen molar-refractivity contribution in [1.29, 1.82) is 5.26 Å². The van der Waals surface area contributed by atoms with Gasteiger partial charge in [-0.25, -0.2) is 0 Å². The summed E-state index contributed by atoms with van der Waals surface area (Å²) < 4.78 is 5.40. The van der Waals surface area contributed by atoms with E-state index in [4.69, 9.17) is 4.74 Å². The number of benzene rings is 1. The van der Waals surface area contributed by atoms with Crippen LogP contribution in [0, 0.1) is 11.3 Å². The number of nitriles is 1. The highest BCUT2D eigenvalue weighted by Crippen LogP contribution is 2.43. The van der Waals surface area contributed by atoms with Crippen molar-refractivity contribution >= 4 is 0 Å². The minimum atomic E-state index is -0.287. The molecule has 102 valence electrons. The highest BCUT2D eigenvalue weighted by Gasteiger charge is 2.46. The molecule has 1 unspecified atom stereocenters. The lowest BCUT2D eigenvalue weighted by atomic mass is 9.62. The molecule has 0 aliphatic heterocycles. The molecule has 2 rings (SSSR count). The molecule has 3 nitrogen and oxygen atoms in total. The molecule has 1 aliphatic rings. The minimum absolute atomic E-state index is 0.287. The van der Waals surface area contributed by atoms with E-state index in [1.165, 1.54) is 0 Å². The zero-order chi connectivity index (χ0) is 13.7. The monoisotopic (exact) mass is 258 g/mol. The molecule has 0 saturated heterocycles. The van der Waals surface area contributed by atoms with Gasteiger partial charge >= 0.3 is 0 Å². The highest BCUT2D eigenvalue weighted by molar-refractivity contribution is 5.36. The molecule has 1 saturated carbocycles. The van der Waals surface area contributed by atoms with Crippen LogP contribution >= 0.6 is 0 Å². The smallest absolute Gasteiger partial charge is 0.0852 e. The normalized spacial score (nSPS) is 27.3. The average Bonchev–Trinajstić information content (AvgIpc) is 2.41. The topological polar surface area (TPSA) is 45.0 Å². The second kappa shape index (κ2) is 6.18. The van der Waals surface area contributed by atoms with Crippen molar-refractivity contribution in [3.05, 3.63) is 35.9 Å². The van der Waals surface area contributed by atoms with Crippen molar-refractivity contribution in [3.63, 3.8) is 0 Å². The lowest BCUT2D eigenvalue weighted by Gasteiger charge is -2.44. The Morgan fingerprint density at radius 1 is 1.42 bits per heavy atom. The third-order valence-electron chi connectivity index (χ3n) is 3.82. The van der Waals surface area contributed by atoms with E-state index in [1.54, 1.807) is 0 Å². The van der Waals surface area contributed by atoms with Crippen LogP contribution in [0.4, 0.5) is 0 Å². The molecule has 0 bridgehead atoms. The Bertz CT molecular complexity index is 432. The molecule has 0 heterocycles. The summed E-state index contributed by atoms with van der Waals surface area (Å²) in [4.78, 5) is 0. The molecule has 0 spiro atoms. The molecule has 1 aromatic rings. The van der Waals surface area contributed by atoms with E-state index in [0.717, 1.165) is 31.6 Å². The molecule has 1 aromatic carbocycles. The van der Waals surface area contributed by atoms with E-state index in [9.17, 15) is 5.26 Å². The Morgan fingerprint density at radius 2 is 2.11 bits per heavy atom. The fourth-order valence-corrected chi connectivity index (χ4v) is 2.79. The zero-order valence-corrected chi connectivity index (χ0v) is 11.7. The standard InChI is InChI=1S/C16H22N2O/c1-3-19-11-13(2)18-15-9-16(10-15,12-17)14-7-5-4-6-8-14/h4-8,13,15,18H,3,9-11H2,1-2H3. The van der Waals surface area contributed by atoms with E-state index in [0.29, 0.717) is 12.1 Å². The Labute approximate surface area is 115 Å². The number of rotatable bonds is 6. The van der Waals surface area contributed by atoms with Crippen molar-refractivity contribution < 1.29 is 4.74 Å². The van der Waals surface area contributed by atoms with Gasteiger partial charge < -0.3 is 10.1 Å². The van der Waals surface area contributed by atoms with E-state index >= 15 is 0 Å². The Morgan fingerprint density at radius 3 is 2.68 bits per heavy atom. The van der Waals surface area contributed by atoms with Gasteiger partial charge in [0.15, 0.2) is 0 Å². The van der Waals surface area contributed by atoms with E-state index < -0.39 is 0 Å². The van der Waals surface area contributed by atoms with Crippen LogP contribution in [0.2, 0.25) is 0 Å². The second-order valence-corrected chi connectivity index (χ2v) is 5.39. The third-order valence-corrected chi connectivity index (χ3v) is 3.82. The first-order valence-corrected chi connectivity index (χ1v) is 7.01. The van der Waals surface area contributed by atoms with Crippen molar-refractivity contribution in [2.45, 2.75) is 44.2 Å². The van der Waals surface area contributed by atoms with Crippen molar-refractivity contribution in [2.75, 3.05) is 13.2 Å². The maximum absolute atomic E-state index is 9.48. The number of hydrogen-bond donors (Lipinski definition) is 1. The quantitative estimate of drug-likeness (QED) is 0.853. The van der Waals surface area contributed by atoms with Gasteiger partial charge in [0.2, 0.25) is 0 Å². The Hall–Kier alpha value is -1.37. The van der Waals surface area contributed by atoms with Gasteiger partial charge in [0.1, 0.15) is 0 Å². The molecule has 1 N–H and O–H groups in total. The van der Waals surface area contributed by atoms with Gasteiger partial charge in [-0.15, -0.1) is 0 Å². The fourth-order valence-electron chi connectivity index (χ4n) is 2.79. The van der Waals surface area contributed by atoms with Gasteiger partial charge in [0.05, 0.1) is 18.1 Å². The largest absolute Gasteiger partial charge is 0.380 e. The summed E-state index contributed by atoms with van der Waals surface area (Å²) in [5.41, 5.74) is 0.859. The van der Waals surface area contributed by atoms with E-state index in [-0.39, 0.29) is 5.41 Å². The van der Waals surface area contributed by atoms with Crippen LogP contribution in [-0.4, -0.2) is 25.3 Å². The molecule has 0 radical (unpaired) electrons. The van der Waals surface area contributed by atoms with Gasteiger partial charge in [-0.1, -0.05) is 30.3 Å². The number of ether oxygens (including phenoxy) is 1. The lowest BCUT2D eigenvalue weighted by Crippen LogP contribution is -2.54. The molecule has 0 aromatic heterocycles. The predicted octanol–water partition coefficient (Wildman–Crippen LogP) is 2.62. The first-order chi connectivity index (χ1) is 9.20. The SMILES string of the molecule is CCOCC(C)NC1CC(C#N)(c2ccccc2)C1. The van der Waals surface area contributed by atoms with E-state index in [2.05, 4.69) is 30.4 Å². The van der Waals surface area contributed by atoms with Gasteiger partial charge in [-0.2, -0.15) is 5.26 Å². The van der Waals surface area contributed by atoms with Crippen LogP contribution in [0.15, 0.2) is 30.3 Å². The number of nitrogens with zero attached hydrogens (tertiary/aromatic N) is 1. The van der Waals surface area contributed by atoms with Crippen LogP contribution in [0.1, 0.15) is 32.3 Å². The minimum Gasteiger partial charge on any atom is -0.380 e. The van der Waals surface area contributed by atoms with Crippen LogP contribution in [0.3, 0.4) is 0 Å². The summed E-state index contributed by atoms with van der Waals surface area (Å²) in [6.45, 7) is 5.62. The molecule has 0 amide bonds. The Balaban J connectivity index is 1.88. The first-order valence-electron chi connectivity index (χ1n) is 7.01. The maximum atomic E-state index is 9.48. The maximum Gasteiger partial charge on any atom is 0.0852 e. The summed E-state index contributed by atoms with van der Waals surface area (Å²) in [6.07, 6.45) is 1.79. The van der Waals surface area contributed by atoms with Crippen molar-refractivity contribution in [2.24, 2.45) is 0 Å². The summed E-state index contributed by atoms with van der Waals surface area (Å²) in [6, 6.07) is 13.4. The average molecular weight is 258 g/mol. The fraction of sp³-hybridized carbons (Fsp3) is 0.562. The highest BCUT2D eigenvalue weighted by atomic mass is 16.5. The summed E-state index contributed by atoms with van der Waals surface area (Å²) in [7, 11) is 0. The molecule has 1 aliphatic carbocycles. The van der Waals surface area contributed by atoms with Crippen molar-refractivity contribution in [3.8, 4) is 6.07 Å². The predicted molar refractivity (Wildman–Crippen MR) is 75.8 cm³/mol. The van der Waals surface area contributed by atoms with Gasteiger partial charge in [0.25, 0.3) is 0 Å². The van der Waals surface area contributed by atoms with Crippen LogP contribution in [0.5, 0.6) is 0 Å². The van der Waals surface area contributed by atoms with Gasteiger partial charge in [-0.05, 0) is 32.3 Å². The number of hydrogen-bond acceptors (Lipinski definition) is 3. The zero-order valence-electron chi connectivity index (χ0n) is 11.7. The first kappa shape index (κ1) is 14.0. The van der Waals surface area contributed by atoms with Crippen LogP contribution in [0.25, 0.3) is 0 Å². The summed E-state index contributed by atoms with van der Waals surface area (Å²) in [5.74, 6) is 0. The van der Waals surface area contributed by atoms with E-state index in [1.807, 2.05) is 25.1 Å². The van der Waals surface area contributed by atoms with Crippen molar-refractivity contribution in [1.82, 2.24) is 5.32 Å². The summed E-state index contributed by atoms with van der Waals surface area (Å²) in [5, 5.41) is 13.0. The molecule has 3 heteroatoms. The lowest BCUT2D eigenvalue weighted by molar-refractivity contribution is 0.110. The van der Waals surface area contributed by atoms with Crippen LogP contribution < -0.4 is 5.32 Å². The van der Waals surface area contributed by atoms with Gasteiger partial charge in [0, 0.05) is 18.7 Å². The number of nitrogens with one attached hydrogen (secondary N) is 1. The summed E-state index contributed by atoms with van der Waals surface area (Å²) >= 11 is 0. The Kier molecular flexibility index (Phi) is 4.57. The molecular weight excluding hydrogens is 236 g/mol. The molecule has 1 atom stereocenters. The molecular formula is C16H22N2O. The van der Waals surface area contributed by atoms with Crippen LogP contribution in [-0.2, 0) is 10.2 Å². The van der Waals surface area contributed by atoms with Gasteiger partial charge in [-0.3, -0.25) is 0 Å². The third kappa shape index (κ3) is 3.15.